The lowest BCUT2D eigenvalue weighted by Crippen LogP contribution is -2.71. The predicted octanol–water partition coefficient (Wildman–Crippen LogP) is -20.6. The van der Waals surface area contributed by atoms with Gasteiger partial charge in [-0.05, 0) is 6.92 Å². The molecule has 0 spiro atoms. The summed E-state index contributed by atoms with van der Waals surface area (Å²) in [5.41, 5.74) is 0. The molecule has 0 aliphatic carbocycles. The first-order valence-corrected chi connectivity index (χ1v) is 41.4. The molecule has 0 radical (unpaired) electrons. The summed E-state index contributed by atoms with van der Waals surface area (Å²) in [6, 6.07) is -7.13. The minimum absolute atomic E-state index is 0.192. The van der Waals surface area contributed by atoms with Crippen molar-refractivity contribution in [1.29, 1.82) is 0 Å². The normalized spacial score (nSPS) is 48.1. The average Bonchev–Trinajstić information content (AvgIpc) is 0.804. The Morgan fingerprint density at radius 2 is 0.667 bits per heavy atom. The average molecular weight is 1890 g/mol. The maximum absolute atomic E-state index is 13.2. The van der Waals surface area contributed by atoms with Gasteiger partial charge in [0.05, 0.1) is 96.8 Å². The zero-order valence-electron chi connectivity index (χ0n) is 70.0. The van der Waals surface area contributed by atoms with Gasteiger partial charge in [-0.3, -0.25) is 24.0 Å². The molecule has 10 saturated heterocycles. The van der Waals surface area contributed by atoms with E-state index in [0.29, 0.717) is 0 Å². The van der Waals surface area contributed by atoms with Gasteiger partial charge >= 0.3 is 5.97 Å². The molecule has 21 unspecified atom stereocenters. The molecule has 10 aliphatic rings. The van der Waals surface area contributed by atoms with Crippen LogP contribution in [0.25, 0.3) is 0 Å². The lowest BCUT2D eigenvalue weighted by Gasteiger charge is -2.51. The zero-order chi connectivity index (χ0) is 95.1. The van der Waals surface area contributed by atoms with Gasteiger partial charge < -0.3 is 254 Å². The lowest BCUT2D eigenvalue weighted by molar-refractivity contribution is -0.424. The van der Waals surface area contributed by atoms with Crippen LogP contribution in [0.2, 0.25) is 0 Å². The Balaban J connectivity index is 0.954. The number of carbonyl (C=O) groups is 5. The highest BCUT2D eigenvalue weighted by molar-refractivity contribution is 5.74. The summed E-state index contributed by atoms with van der Waals surface area (Å²) < 4.78 is 119. The van der Waals surface area contributed by atoms with Crippen molar-refractivity contribution in [1.82, 2.24) is 21.3 Å². The van der Waals surface area contributed by atoms with Gasteiger partial charge in [-0.2, -0.15) is 0 Å². The Kier molecular flexibility index (Phi) is 38.5. The first kappa shape index (κ1) is 107. The number of aliphatic hydroxyl groups is 27. The zero-order valence-corrected chi connectivity index (χ0v) is 70.0. The molecule has 10 aliphatic heterocycles. The van der Waals surface area contributed by atoms with Gasteiger partial charge in [0, 0.05) is 33.6 Å². The molecular formula is C73H122N4O52. The van der Waals surface area contributed by atoms with Crippen molar-refractivity contribution in [2.45, 2.75) is 354 Å². The van der Waals surface area contributed by atoms with Crippen LogP contribution in [0, 0.1) is 5.92 Å². The molecule has 0 aromatic carbocycles. The summed E-state index contributed by atoms with van der Waals surface area (Å²) >= 11 is 0. The van der Waals surface area contributed by atoms with Gasteiger partial charge in [-0.25, -0.2) is 0 Å². The van der Waals surface area contributed by atoms with Gasteiger partial charge in [0.1, 0.15) is 226 Å². The van der Waals surface area contributed by atoms with Crippen molar-refractivity contribution in [3.05, 3.63) is 0 Å². The summed E-state index contributed by atoms with van der Waals surface area (Å²) in [6.07, 6.45) is -93.9. The Labute approximate surface area is 732 Å². The van der Waals surface area contributed by atoms with E-state index in [1.807, 2.05) is 0 Å². The van der Waals surface area contributed by atoms with Crippen LogP contribution in [0.1, 0.15) is 48.0 Å². The molecular weight excluding hydrogens is 1760 g/mol. The summed E-state index contributed by atoms with van der Waals surface area (Å²) in [5, 5.41) is 312. The minimum atomic E-state index is -2.66. The van der Waals surface area contributed by atoms with Gasteiger partial charge in [0.15, 0.2) is 50.3 Å². The van der Waals surface area contributed by atoms with Crippen molar-refractivity contribution < 1.29 is 257 Å². The fraction of sp³-hybridized carbons (Fsp3) is 0.932. The molecule has 10 rings (SSSR count). The Morgan fingerprint density at radius 1 is 0.349 bits per heavy atom. The van der Waals surface area contributed by atoms with Gasteiger partial charge in [-0.1, -0.05) is 6.92 Å². The second-order valence-corrected chi connectivity index (χ2v) is 33.0. The number of rotatable bonds is 36. The Morgan fingerprint density at radius 3 is 1.07 bits per heavy atom. The van der Waals surface area contributed by atoms with Crippen molar-refractivity contribution in [3.63, 3.8) is 0 Å². The summed E-state index contributed by atoms with van der Waals surface area (Å²) in [6.45, 7) is -4.52. The number of amides is 4. The van der Waals surface area contributed by atoms with Crippen molar-refractivity contribution in [3.8, 4) is 0 Å². The van der Waals surface area contributed by atoms with Crippen molar-refractivity contribution in [2.24, 2.45) is 5.92 Å². The lowest BCUT2D eigenvalue weighted by atomic mass is 9.87. The third-order valence-electron chi connectivity index (χ3n) is 24.0. The molecule has 746 valence electrons. The quantitative estimate of drug-likeness (QED) is 0.0205. The monoisotopic (exact) mass is 1890 g/mol. The van der Waals surface area contributed by atoms with E-state index < -0.39 is 408 Å². The molecule has 56 heteroatoms. The van der Waals surface area contributed by atoms with E-state index in [-0.39, 0.29) is 6.47 Å². The van der Waals surface area contributed by atoms with E-state index in [2.05, 4.69) is 21.3 Å². The molecule has 0 aromatic rings. The second kappa shape index (κ2) is 46.6. The summed E-state index contributed by atoms with van der Waals surface area (Å²) in [7, 11) is 0. The van der Waals surface area contributed by atoms with E-state index in [9.17, 15) is 162 Å². The number of nitrogens with one attached hydrogen (secondary N) is 4. The fourth-order valence-corrected chi connectivity index (χ4v) is 16.9. The third kappa shape index (κ3) is 23.9. The van der Waals surface area contributed by atoms with Crippen molar-refractivity contribution >= 4 is 30.1 Å². The molecule has 0 saturated carbocycles. The summed E-state index contributed by atoms with van der Waals surface area (Å²) in [4.78, 5) is 63.5. The molecule has 10 fully saturated rings. The van der Waals surface area contributed by atoms with E-state index in [1.54, 1.807) is 0 Å². The number of hydrogen-bond acceptors (Lipinski definition) is 52. The topological polar surface area (TPSA) is 864 Å². The highest BCUT2D eigenvalue weighted by atomic mass is 16.9. The second-order valence-electron chi connectivity index (χ2n) is 33.0. The van der Waals surface area contributed by atoms with Crippen LogP contribution >= 0.6 is 0 Å². The van der Waals surface area contributed by atoms with Gasteiger partial charge in [0.25, 0.3) is 6.47 Å². The molecule has 10 heterocycles. The molecule has 0 bridgehead atoms. The van der Waals surface area contributed by atoms with E-state index in [1.165, 1.54) is 13.8 Å². The van der Waals surface area contributed by atoms with Crippen LogP contribution in [-0.2, 0) is 119 Å². The Bertz CT molecular complexity index is 3520. The van der Waals surface area contributed by atoms with Crippen molar-refractivity contribution in [2.75, 3.05) is 66.1 Å². The molecule has 51 atom stereocenters. The van der Waals surface area contributed by atoms with Gasteiger partial charge in [0.2, 0.25) is 23.6 Å². The molecule has 129 heavy (non-hydrogen) atoms. The van der Waals surface area contributed by atoms with E-state index in [4.69, 9.17) is 94.7 Å². The molecule has 56 nitrogen and oxygen atoms in total. The first-order chi connectivity index (χ1) is 61.0. The minimum Gasteiger partial charge on any atom is -0.410 e. The van der Waals surface area contributed by atoms with Crippen LogP contribution in [0.3, 0.4) is 0 Å². The predicted molar refractivity (Wildman–Crippen MR) is 399 cm³/mol. The van der Waals surface area contributed by atoms with Crippen LogP contribution in [0.5, 0.6) is 0 Å². The van der Waals surface area contributed by atoms with Crippen LogP contribution in [0.4, 0.5) is 0 Å². The van der Waals surface area contributed by atoms with E-state index >= 15 is 0 Å². The highest BCUT2D eigenvalue weighted by Crippen LogP contribution is 2.43. The smallest absolute Gasteiger partial charge is 0.332 e. The number of aliphatic hydroxyl groups excluding tert-OH is 27. The number of ether oxygens (including phenoxy) is 20. The Hall–Kier alpha value is -4.49. The number of hydrogen-bond donors (Lipinski definition) is 31. The molecule has 0 aromatic heterocycles. The first-order valence-electron chi connectivity index (χ1n) is 41.4. The highest BCUT2D eigenvalue weighted by Gasteiger charge is 2.62. The largest absolute Gasteiger partial charge is 0.410 e. The molecule has 4 amide bonds. The SMILES string of the molecule is CC(=O)NC1C(O)[C@H](O[C@@H]2OC(CO[C@]3(OC=O)C[C@@H](O)[C@@H](C)C([C@H](O)[C@H](O)CO)O3)[C@H](O)[C@H](O)C2O)[C@H](CO)O[C@H]1OC1[C@@H](OCC2O[C@@H](O[C@@H]3C(CO)O[C@@H](O[C@@H]4C(CO)O[C@@H](C)C(NC(C)=O)[C@H]4O)C(NC(C)=O)[C@H]3O)C(O)[C@@H](OC3OC(CO)[C@@H](O)C(O)C3O[C@@H]3OC(CO)[C@@H](O[C@@H]4OC(CO)[C@H](O)[C@H](O)C4O)[C@H](O)C3NC(C)=O)[C@@H]2O)OC(CO)[C@@H](O)[C@@H]1O. The number of carbonyl (C=O) groups excluding carboxylic acids is 5. The van der Waals surface area contributed by atoms with Gasteiger partial charge in [-0.15, -0.1) is 0 Å². The third-order valence-corrected chi connectivity index (χ3v) is 24.0. The fourth-order valence-electron chi connectivity index (χ4n) is 16.9. The molecule has 31 N–H and O–H groups in total. The maximum atomic E-state index is 13.2. The summed E-state index contributed by atoms with van der Waals surface area (Å²) in [5.74, 6) is -7.25. The van der Waals surface area contributed by atoms with Crippen LogP contribution < -0.4 is 21.3 Å². The maximum Gasteiger partial charge on any atom is 0.332 e. The van der Waals surface area contributed by atoms with Crippen LogP contribution in [0.15, 0.2) is 0 Å². The van der Waals surface area contributed by atoms with E-state index in [0.717, 1.165) is 27.7 Å². The van der Waals surface area contributed by atoms with Crippen LogP contribution in [-0.4, -0.2) is 540 Å². The standard InChI is InChI=1S/C73H122N4O52/c1-19-25(91)7-73(112-18-86,129-57(19)40(93)26(92)8-78)111-17-35-44(97)51(104)55(108)69(121-35)124-60-32(14-84)118-66(38(48(60)101)76-23(5)89)127-63-52(105)42(95)28(10-80)115-71(63)110-16-34-45(98)62(56(109)70(120-34)125-61-33(15-85)117-65(37(47(61)100)75-22(4)88)122-58-30(12-82)113-20(2)36(46(58)99)74-21(3)87)126-72-64(53(106)43(96)29(11-81)116-72)128-67-39(77-24(6)90)49(102)59(31(13-83)119-67)123-68-54(107)50(103)41(94)27(9-79)114-68/h18-20,25-72,78-85,91-109H,7-17H2,1-6H3,(H,74,87)(H,75,88)(H,76,89)(H,77,90)/t19-,20+,25-,26-,27?,28?,29?,30?,31?,32+,33?,34?,35?,36?,37?,38?,39?,40-,41+,42-,43-,44+,45-,46-,47-,48?,49-,50+,51+,52+,53?,54?,55?,56?,57?,58-,59-,60-,61-,62+,63?,64?,65+,66+,67+,68+,69+,70+,71+,72?,73+/m1/s1.